The fraction of sp³-hybridized carbons (Fsp3) is 0.200. The number of hydrogen-bond donors (Lipinski definition) is 1. The average molecular weight is 279 g/mol. The maximum absolute atomic E-state index is 13.5. The lowest BCUT2D eigenvalue weighted by atomic mass is 10.0. The summed E-state index contributed by atoms with van der Waals surface area (Å²) in [5.74, 6) is -0.345. The van der Waals surface area contributed by atoms with Gasteiger partial charge in [-0.2, -0.15) is 0 Å². The largest absolute Gasteiger partial charge is 0.323 e. The fourth-order valence-corrected chi connectivity index (χ4v) is 2.80. The van der Waals surface area contributed by atoms with Gasteiger partial charge in [0.2, 0.25) is 0 Å². The van der Waals surface area contributed by atoms with E-state index in [4.69, 9.17) is 5.73 Å². The zero-order chi connectivity index (χ0) is 13.8. The summed E-state index contributed by atoms with van der Waals surface area (Å²) in [6.07, 6.45) is 0. The van der Waals surface area contributed by atoms with E-state index in [2.05, 4.69) is 0 Å². The highest BCUT2D eigenvalue weighted by molar-refractivity contribution is 7.99. The number of halogens is 2. The molecule has 0 saturated carbocycles. The Morgan fingerprint density at radius 1 is 1.16 bits per heavy atom. The zero-order valence-corrected chi connectivity index (χ0v) is 11.4. The van der Waals surface area contributed by atoms with E-state index in [1.165, 1.54) is 17.8 Å². The first kappa shape index (κ1) is 14.0. The standard InChI is InChI=1S/C15H15F2NS/c1-10-4-2-3-5-12(10)14(18)9-19-15-8-11(16)6-7-13(15)17/h2-8,14H,9,18H2,1H3. The highest BCUT2D eigenvalue weighted by Gasteiger charge is 2.11. The van der Waals surface area contributed by atoms with Crippen molar-refractivity contribution in [1.82, 2.24) is 0 Å². The van der Waals surface area contributed by atoms with Crippen LogP contribution >= 0.6 is 11.8 Å². The minimum Gasteiger partial charge on any atom is -0.323 e. The lowest BCUT2D eigenvalue weighted by Gasteiger charge is -2.14. The summed E-state index contributed by atoms with van der Waals surface area (Å²) in [7, 11) is 0. The minimum atomic E-state index is -0.437. The number of thioether (sulfide) groups is 1. The van der Waals surface area contributed by atoms with Crippen LogP contribution in [-0.4, -0.2) is 5.75 Å². The molecule has 2 aromatic rings. The Kier molecular flexibility index (Phi) is 4.56. The molecule has 0 aliphatic carbocycles. The first-order valence-corrected chi connectivity index (χ1v) is 6.95. The summed E-state index contributed by atoms with van der Waals surface area (Å²) in [5.41, 5.74) is 8.24. The van der Waals surface area contributed by atoms with Crippen LogP contribution in [0, 0.1) is 18.6 Å². The van der Waals surface area contributed by atoms with Crippen molar-refractivity contribution in [2.24, 2.45) is 5.73 Å². The van der Waals surface area contributed by atoms with Gasteiger partial charge in [0, 0.05) is 16.7 Å². The van der Waals surface area contributed by atoms with E-state index in [-0.39, 0.29) is 6.04 Å². The minimum absolute atomic E-state index is 0.200. The number of hydrogen-bond acceptors (Lipinski definition) is 2. The first-order chi connectivity index (χ1) is 9.08. The molecule has 1 unspecified atom stereocenters. The van der Waals surface area contributed by atoms with Crippen molar-refractivity contribution in [3.63, 3.8) is 0 Å². The van der Waals surface area contributed by atoms with Crippen molar-refractivity contribution >= 4 is 11.8 Å². The molecule has 1 nitrogen and oxygen atoms in total. The van der Waals surface area contributed by atoms with E-state index in [9.17, 15) is 8.78 Å². The van der Waals surface area contributed by atoms with Gasteiger partial charge in [-0.15, -0.1) is 11.8 Å². The van der Waals surface area contributed by atoms with E-state index in [1.807, 2.05) is 31.2 Å². The summed E-state index contributed by atoms with van der Waals surface area (Å²) in [6.45, 7) is 1.99. The first-order valence-electron chi connectivity index (χ1n) is 5.97. The van der Waals surface area contributed by atoms with Gasteiger partial charge in [0.05, 0.1) is 0 Å². The molecule has 100 valence electrons. The smallest absolute Gasteiger partial charge is 0.136 e. The van der Waals surface area contributed by atoms with Crippen LogP contribution in [0.25, 0.3) is 0 Å². The van der Waals surface area contributed by atoms with E-state index in [1.54, 1.807) is 0 Å². The molecule has 0 radical (unpaired) electrons. The summed E-state index contributed by atoms with van der Waals surface area (Å²) >= 11 is 1.23. The molecular formula is C15H15F2NS. The predicted molar refractivity (Wildman–Crippen MR) is 75.2 cm³/mol. The molecule has 0 aromatic heterocycles. The summed E-state index contributed by atoms with van der Waals surface area (Å²) < 4.78 is 26.5. The maximum Gasteiger partial charge on any atom is 0.136 e. The molecule has 2 N–H and O–H groups in total. The Morgan fingerprint density at radius 2 is 1.89 bits per heavy atom. The molecule has 0 fully saturated rings. The van der Waals surface area contributed by atoms with Crippen molar-refractivity contribution in [3.8, 4) is 0 Å². The van der Waals surface area contributed by atoms with Gasteiger partial charge < -0.3 is 5.73 Å². The average Bonchev–Trinajstić information content (AvgIpc) is 2.40. The highest BCUT2D eigenvalue weighted by Crippen LogP contribution is 2.27. The second kappa shape index (κ2) is 6.17. The Bertz CT molecular complexity index is 572. The molecule has 1 atom stereocenters. The van der Waals surface area contributed by atoms with Crippen molar-refractivity contribution in [1.29, 1.82) is 0 Å². The third kappa shape index (κ3) is 3.55. The van der Waals surface area contributed by atoms with Gasteiger partial charge in [-0.1, -0.05) is 24.3 Å². The second-order valence-corrected chi connectivity index (χ2v) is 5.41. The molecular weight excluding hydrogens is 264 g/mol. The third-order valence-corrected chi connectivity index (χ3v) is 4.05. The third-order valence-electron chi connectivity index (χ3n) is 2.90. The van der Waals surface area contributed by atoms with Gasteiger partial charge in [-0.05, 0) is 36.2 Å². The van der Waals surface area contributed by atoms with Gasteiger partial charge in [0.25, 0.3) is 0 Å². The Labute approximate surface area is 115 Å². The van der Waals surface area contributed by atoms with E-state index < -0.39 is 11.6 Å². The Morgan fingerprint density at radius 3 is 2.63 bits per heavy atom. The maximum atomic E-state index is 13.5. The molecule has 0 saturated heterocycles. The van der Waals surface area contributed by atoms with Crippen LogP contribution in [0.15, 0.2) is 47.4 Å². The van der Waals surface area contributed by atoms with Crippen molar-refractivity contribution in [2.45, 2.75) is 17.9 Å². The van der Waals surface area contributed by atoms with Gasteiger partial charge >= 0.3 is 0 Å². The van der Waals surface area contributed by atoms with E-state index in [0.717, 1.165) is 23.3 Å². The quantitative estimate of drug-likeness (QED) is 0.854. The monoisotopic (exact) mass is 279 g/mol. The van der Waals surface area contributed by atoms with Crippen LogP contribution in [-0.2, 0) is 0 Å². The molecule has 0 aliphatic rings. The molecule has 0 amide bonds. The second-order valence-electron chi connectivity index (χ2n) is 4.35. The number of nitrogens with two attached hydrogens (primary N) is 1. The lowest BCUT2D eigenvalue weighted by molar-refractivity contribution is 0.577. The van der Waals surface area contributed by atoms with Crippen molar-refractivity contribution in [2.75, 3.05) is 5.75 Å². The van der Waals surface area contributed by atoms with Gasteiger partial charge in [0.1, 0.15) is 11.6 Å². The summed E-state index contributed by atoms with van der Waals surface area (Å²) in [6, 6.07) is 11.1. The molecule has 0 bridgehead atoms. The predicted octanol–water partition coefficient (Wildman–Crippen LogP) is 4.07. The molecule has 0 aliphatic heterocycles. The number of rotatable bonds is 4. The van der Waals surface area contributed by atoms with Gasteiger partial charge in [0.15, 0.2) is 0 Å². The van der Waals surface area contributed by atoms with Crippen LogP contribution in [0.3, 0.4) is 0 Å². The van der Waals surface area contributed by atoms with Crippen LogP contribution in [0.2, 0.25) is 0 Å². The van der Waals surface area contributed by atoms with E-state index >= 15 is 0 Å². The van der Waals surface area contributed by atoms with Crippen LogP contribution < -0.4 is 5.73 Å². The molecule has 4 heteroatoms. The molecule has 19 heavy (non-hydrogen) atoms. The summed E-state index contributed by atoms with van der Waals surface area (Å²) in [5, 5.41) is 0. The van der Waals surface area contributed by atoms with Crippen LogP contribution in [0.1, 0.15) is 17.2 Å². The van der Waals surface area contributed by atoms with E-state index in [0.29, 0.717) is 10.6 Å². The number of aryl methyl sites for hydroxylation is 1. The lowest BCUT2D eigenvalue weighted by Crippen LogP contribution is -2.14. The van der Waals surface area contributed by atoms with Crippen molar-refractivity contribution < 1.29 is 8.78 Å². The molecule has 0 spiro atoms. The molecule has 0 heterocycles. The van der Waals surface area contributed by atoms with Crippen LogP contribution in [0.4, 0.5) is 8.78 Å². The van der Waals surface area contributed by atoms with Gasteiger partial charge in [-0.3, -0.25) is 0 Å². The molecule has 2 aromatic carbocycles. The zero-order valence-electron chi connectivity index (χ0n) is 10.6. The normalized spacial score (nSPS) is 12.4. The summed E-state index contributed by atoms with van der Waals surface area (Å²) in [4.78, 5) is 0.295. The Balaban J connectivity index is 2.06. The van der Waals surface area contributed by atoms with Gasteiger partial charge in [-0.25, -0.2) is 8.78 Å². The number of benzene rings is 2. The fourth-order valence-electron chi connectivity index (χ4n) is 1.86. The molecule has 2 rings (SSSR count). The Hall–Kier alpha value is -1.39. The SMILES string of the molecule is Cc1ccccc1C(N)CSc1cc(F)ccc1F. The topological polar surface area (TPSA) is 26.0 Å². The van der Waals surface area contributed by atoms with Crippen molar-refractivity contribution in [3.05, 3.63) is 65.2 Å². The van der Waals surface area contributed by atoms with Crippen LogP contribution in [0.5, 0.6) is 0 Å². The highest BCUT2D eigenvalue weighted by atomic mass is 32.2.